The third kappa shape index (κ3) is 2.66. The molecule has 1 aliphatic heterocycles. The lowest BCUT2D eigenvalue weighted by atomic mass is 9.90. The van der Waals surface area contributed by atoms with E-state index in [2.05, 4.69) is 18.7 Å². The third-order valence-corrected chi connectivity index (χ3v) is 2.90. The smallest absolute Gasteiger partial charge is 0.0730 e. The summed E-state index contributed by atoms with van der Waals surface area (Å²) in [4.78, 5) is 2.14. The first-order chi connectivity index (χ1) is 5.95. The van der Waals surface area contributed by atoms with Crippen LogP contribution >= 0.6 is 0 Å². The van der Waals surface area contributed by atoms with Crippen LogP contribution in [-0.4, -0.2) is 47.0 Å². The zero-order chi connectivity index (χ0) is 10.1. The van der Waals surface area contributed by atoms with E-state index in [-0.39, 0.29) is 17.6 Å². The molecular formula is C10H21NO2. The lowest BCUT2D eigenvalue weighted by molar-refractivity contribution is 0.0932. The van der Waals surface area contributed by atoms with E-state index >= 15 is 0 Å². The van der Waals surface area contributed by atoms with Crippen LogP contribution in [0.15, 0.2) is 0 Å². The first-order valence-electron chi connectivity index (χ1n) is 5.04. The largest absolute Gasteiger partial charge is 0.392 e. The van der Waals surface area contributed by atoms with Gasteiger partial charge in [-0.2, -0.15) is 0 Å². The van der Waals surface area contributed by atoms with Gasteiger partial charge in [0.05, 0.1) is 12.2 Å². The van der Waals surface area contributed by atoms with E-state index in [0.29, 0.717) is 13.1 Å². The SMILES string of the molecule is CC[C@H](O)CN1CC(O)C(C)(C)C1. The van der Waals surface area contributed by atoms with Crippen LogP contribution in [0.1, 0.15) is 27.2 Å². The van der Waals surface area contributed by atoms with Gasteiger partial charge in [-0.15, -0.1) is 0 Å². The molecule has 1 fully saturated rings. The van der Waals surface area contributed by atoms with Gasteiger partial charge >= 0.3 is 0 Å². The van der Waals surface area contributed by atoms with Crippen molar-refractivity contribution in [2.24, 2.45) is 5.41 Å². The van der Waals surface area contributed by atoms with Crippen molar-refractivity contribution in [2.45, 2.75) is 39.4 Å². The van der Waals surface area contributed by atoms with E-state index < -0.39 is 0 Å². The van der Waals surface area contributed by atoms with Crippen LogP contribution < -0.4 is 0 Å². The van der Waals surface area contributed by atoms with Crippen molar-refractivity contribution in [1.82, 2.24) is 4.90 Å². The molecule has 1 heterocycles. The maximum atomic E-state index is 9.69. The van der Waals surface area contributed by atoms with Crippen LogP contribution in [0.5, 0.6) is 0 Å². The molecule has 2 atom stereocenters. The van der Waals surface area contributed by atoms with Crippen molar-refractivity contribution in [2.75, 3.05) is 19.6 Å². The highest BCUT2D eigenvalue weighted by molar-refractivity contribution is 4.91. The monoisotopic (exact) mass is 187 g/mol. The minimum Gasteiger partial charge on any atom is -0.392 e. The summed E-state index contributed by atoms with van der Waals surface area (Å²) in [5.74, 6) is 0. The molecule has 0 aromatic heterocycles. The second-order valence-corrected chi connectivity index (χ2v) is 4.76. The number of aliphatic hydroxyl groups is 2. The van der Waals surface area contributed by atoms with Gasteiger partial charge < -0.3 is 10.2 Å². The van der Waals surface area contributed by atoms with Gasteiger partial charge in [0.25, 0.3) is 0 Å². The van der Waals surface area contributed by atoms with E-state index in [4.69, 9.17) is 0 Å². The molecule has 1 saturated heterocycles. The van der Waals surface area contributed by atoms with E-state index in [1.165, 1.54) is 0 Å². The van der Waals surface area contributed by atoms with Crippen molar-refractivity contribution in [1.29, 1.82) is 0 Å². The molecule has 3 heteroatoms. The van der Waals surface area contributed by atoms with E-state index in [1.54, 1.807) is 0 Å². The number of β-amino-alcohol motifs (C(OH)–C–C–N with tert-alkyl or cyclic N) is 2. The summed E-state index contributed by atoms with van der Waals surface area (Å²) in [7, 11) is 0. The fourth-order valence-corrected chi connectivity index (χ4v) is 1.80. The van der Waals surface area contributed by atoms with Crippen molar-refractivity contribution in [3.8, 4) is 0 Å². The van der Waals surface area contributed by atoms with E-state index in [1.807, 2.05) is 6.92 Å². The van der Waals surface area contributed by atoms with Crippen molar-refractivity contribution in [3.05, 3.63) is 0 Å². The molecule has 0 bridgehead atoms. The molecule has 13 heavy (non-hydrogen) atoms. The quantitative estimate of drug-likeness (QED) is 0.674. The van der Waals surface area contributed by atoms with Gasteiger partial charge in [-0.25, -0.2) is 0 Å². The van der Waals surface area contributed by atoms with Crippen LogP contribution in [-0.2, 0) is 0 Å². The molecule has 1 aliphatic rings. The standard InChI is InChI=1S/C10H21NO2/c1-4-8(12)5-11-6-9(13)10(2,3)7-11/h8-9,12-13H,4-7H2,1-3H3/t8-,9?/m0/s1. The third-order valence-electron chi connectivity index (χ3n) is 2.90. The van der Waals surface area contributed by atoms with Crippen molar-refractivity contribution < 1.29 is 10.2 Å². The highest BCUT2D eigenvalue weighted by Gasteiger charge is 2.38. The van der Waals surface area contributed by atoms with Crippen molar-refractivity contribution >= 4 is 0 Å². The molecule has 0 spiro atoms. The molecule has 0 radical (unpaired) electrons. The summed E-state index contributed by atoms with van der Waals surface area (Å²) in [5.41, 5.74) is -0.0204. The first kappa shape index (κ1) is 11.0. The Morgan fingerprint density at radius 3 is 2.54 bits per heavy atom. The van der Waals surface area contributed by atoms with Crippen LogP contribution in [0.25, 0.3) is 0 Å². The molecule has 1 unspecified atom stereocenters. The predicted octanol–water partition coefficient (Wildman–Crippen LogP) is 0.460. The maximum Gasteiger partial charge on any atom is 0.0730 e. The fraction of sp³-hybridized carbons (Fsp3) is 1.00. The van der Waals surface area contributed by atoms with Crippen LogP contribution in [0.3, 0.4) is 0 Å². The number of rotatable bonds is 3. The molecule has 2 N–H and O–H groups in total. The number of likely N-dealkylation sites (tertiary alicyclic amines) is 1. The number of nitrogens with zero attached hydrogens (tertiary/aromatic N) is 1. The molecular weight excluding hydrogens is 166 g/mol. The van der Waals surface area contributed by atoms with Gasteiger partial charge in [-0.3, -0.25) is 4.90 Å². The zero-order valence-electron chi connectivity index (χ0n) is 8.82. The number of hydrogen-bond acceptors (Lipinski definition) is 3. The highest BCUT2D eigenvalue weighted by atomic mass is 16.3. The first-order valence-corrected chi connectivity index (χ1v) is 5.04. The second-order valence-electron chi connectivity index (χ2n) is 4.76. The summed E-state index contributed by atoms with van der Waals surface area (Å²) in [6, 6.07) is 0. The Morgan fingerprint density at radius 2 is 2.15 bits per heavy atom. The Morgan fingerprint density at radius 1 is 1.54 bits per heavy atom. The average Bonchev–Trinajstić information content (AvgIpc) is 2.25. The lowest BCUT2D eigenvalue weighted by Crippen LogP contribution is -2.31. The lowest BCUT2D eigenvalue weighted by Gasteiger charge is -2.22. The summed E-state index contributed by atoms with van der Waals surface area (Å²) in [6.07, 6.45) is 0.283. The molecule has 0 saturated carbocycles. The Hall–Kier alpha value is -0.120. The fourth-order valence-electron chi connectivity index (χ4n) is 1.80. The zero-order valence-corrected chi connectivity index (χ0v) is 8.82. The molecule has 3 nitrogen and oxygen atoms in total. The van der Waals surface area contributed by atoms with Gasteiger partial charge in [0.15, 0.2) is 0 Å². The van der Waals surface area contributed by atoms with Gasteiger partial charge in [0, 0.05) is 25.0 Å². The topological polar surface area (TPSA) is 43.7 Å². The average molecular weight is 187 g/mol. The van der Waals surface area contributed by atoms with Gasteiger partial charge in [-0.1, -0.05) is 20.8 Å². The van der Waals surface area contributed by atoms with Crippen molar-refractivity contribution in [3.63, 3.8) is 0 Å². The summed E-state index contributed by atoms with van der Waals surface area (Å²) < 4.78 is 0. The summed E-state index contributed by atoms with van der Waals surface area (Å²) in [6.45, 7) is 8.38. The highest BCUT2D eigenvalue weighted by Crippen LogP contribution is 2.29. The normalized spacial score (nSPS) is 30.7. The molecule has 0 aromatic rings. The molecule has 0 aliphatic carbocycles. The molecule has 1 rings (SSSR count). The molecule has 78 valence electrons. The maximum absolute atomic E-state index is 9.69. The second kappa shape index (κ2) is 3.95. The summed E-state index contributed by atoms with van der Waals surface area (Å²) in [5, 5.41) is 19.1. The van der Waals surface area contributed by atoms with E-state index in [0.717, 1.165) is 13.0 Å². The summed E-state index contributed by atoms with van der Waals surface area (Å²) >= 11 is 0. The molecule has 0 aromatic carbocycles. The van der Waals surface area contributed by atoms with Crippen LogP contribution in [0, 0.1) is 5.41 Å². The van der Waals surface area contributed by atoms with Gasteiger partial charge in [-0.05, 0) is 6.42 Å². The Kier molecular flexibility index (Phi) is 3.33. The van der Waals surface area contributed by atoms with Gasteiger partial charge in [0.1, 0.15) is 0 Å². The van der Waals surface area contributed by atoms with Crippen LogP contribution in [0.2, 0.25) is 0 Å². The predicted molar refractivity (Wildman–Crippen MR) is 52.5 cm³/mol. The van der Waals surface area contributed by atoms with Crippen LogP contribution in [0.4, 0.5) is 0 Å². The van der Waals surface area contributed by atoms with Gasteiger partial charge in [0.2, 0.25) is 0 Å². The Labute approximate surface area is 80.4 Å². The number of hydrogen-bond donors (Lipinski definition) is 2. The Bertz CT molecular complexity index is 170. The molecule has 0 amide bonds. The minimum absolute atomic E-state index is 0.0204. The number of aliphatic hydroxyl groups excluding tert-OH is 2. The minimum atomic E-state index is -0.253. The van der Waals surface area contributed by atoms with E-state index in [9.17, 15) is 10.2 Å². The Balaban J connectivity index is 2.40.